The van der Waals surface area contributed by atoms with Gasteiger partial charge in [-0.25, -0.2) is 0 Å². The van der Waals surface area contributed by atoms with Crippen LogP contribution in [-0.2, 0) is 0 Å². The van der Waals surface area contributed by atoms with Crippen LogP contribution in [0.4, 0.5) is 0 Å². The second-order valence-electron chi connectivity index (χ2n) is 6.94. The van der Waals surface area contributed by atoms with Crippen LogP contribution in [0.5, 0.6) is 0 Å². The van der Waals surface area contributed by atoms with Crippen molar-refractivity contribution in [1.82, 2.24) is 0 Å². The molecule has 0 aliphatic rings. The third kappa shape index (κ3) is 13.8. The molecule has 0 aromatic rings. The smallest absolute Gasteiger partial charge is 0.0633 e. The quantitative estimate of drug-likeness (QED) is 0.387. The molecule has 0 rings (SSSR count). The molecule has 0 saturated heterocycles. The average Bonchev–Trinajstić information content (AvgIpc) is 2.50. The van der Waals surface area contributed by atoms with Crippen LogP contribution in [0, 0.1) is 5.92 Å². The van der Waals surface area contributed by atoms with Crippen LogP contribution in [0.2, 0.25) is 0 Å². The van der Waals surface area contributed by atoms with Crippen molar-refractivity contribution in [2.45, 2.75) is 96.4 Å². The molecule has 0 aromatic heterocycles. The van der Waals surface area contributed by atoms with E-state index in [1.165, 1.54) is 57.8 Å². The monoisotopic (exact) mass is 337 g/mol. The first-order valence-electron chi connectivity index (χ1n) is 9.08. The Kier molecular flexibility index (Phi) is 17.8. The molecule has 4 N–H and O–H groups in total. The molecule has 136 valence electrons. The van der Waals surface area contributed by atoms with Gasteiger partial charge >= 0.3 is 0 Å². The van der Waals surface area contributed by atoms with E-state index in [1.54, 1.807) is 0 Å². The maximum Gasteiger partial charge on any atom is 0.0633 e. The minimum absolute atomic E-state index is 0. The van der Waals surface area contributed by atoms with E-state index >= 15 is 0 Å². The van der Waals surface area contributed by atoms with Crippen molar-refractivity contribution in [3.8, 4) is 0 Å². The van der Waals surface area contributed by atoms with Crippen molar-refractivity contribution in [3.63, 3.8) is 0 Å². The highest BCUT2D eigenvalue weighted by atomic mass is 35.5. The van der Waals surface area contributed by atoms with Crippen LogP contribution >= 0.6 is 12.4 Å². The van der Waals surface area contributed by atoms with E-state index in [2.05, 4.69) is 13.8 Å². The van der Waals surface area contributed by atoms with Gasteiger partial charge in [-0.2, -0.15) is 0 Å². The summed E-state index contributed by atoms with van der Waals surface area (Å²) < 4.78 is 0. The van der Waals surface area contributed by atoms with Crippen molar-refractivity contribution in [2.24, 2.45) is 11.7 Å². The Morgan fingerprint density at radius 2 is 1.27 bits per heavy atom. The molecule has 0 fully saturated rings. The number of aliphatic hydroxyl groups excluding tert-OH is 2. The highest BCUT2D eigenvalue weighted by molar-refractivity contribution is 5.85. The molecule has 0 aliphatic carbocycles. The van der Waals surface area contributed by atoms with E-state index in [0.717, 1.165) is 18.8 Å². The maximum absolute atomic E-state index is 9.12. The van der Waals surface area contributed by atoms with E-state index in [0.29, 0.717) is 6.42 Å². The van der Waals surface area contributed by atoms with Crippen molar-refractivity contribution in [2.75, 3.05) is 13.2 Å². The van der Waals surface area contributed by atoms with Gasteiger partial charge in [-0.1, -0.05) is 84.5 Å². The summed E-state index contributed by atoms with van der Waals surface area (Å²) in [7, 11) is 0. The first-order chi connectivity index (χ1) is 10.1. The summed E-state index contributed by atoms with van der Waals surface area (Å²) in [4.78, 5) is 0. The largest absolute Gasteiger partial charge is 0.394 e. The lowest BCUT2D eigenvalue weighted by atomic mass is 9.92. The summed E-state index contributed by atoms with van der Waals surface area (Å²) in [6.45, 7) is 4.37. The van der Waals surface area contributed by atoms with Gasteiger partial charge in [0.05, 0.1) is 18.8 Å². The van der Waals surface area contributed by atoms with Crippen LogP contribution in [-0.4, -0.2) is 29.0 Å². The summed E-state index contributed by atoms with van der Waals surface area (Å²) in [5.74, 6) is 0.828. The van der Waals surface area contributed by atoms with Gasteiger partial charge in [0.2, 0.25) is 0 Å². The van der Waals surface area contributed by atoms with Gasteiger partial charge in [0.1, 0.15) is 0 Å². The van der Waals surface area contributed by atoms with E-state index < -0.39 is 5.54 Å². The zero-order chi connectivity index (χ0) is 16.0. The van der Waals surface area contributed by atoms with Crippen LogP contribution in [0.1, 0.15) is 90.9 Å². The third-order valence-electron chi connectivity index (χ3n) is 4.55. The van der Waals surface area contributed by atoms with Gasteiger partial charge in [-0.05, 0) is 12.3 Å². The molecule has 0 aromatic carbocycles. The molecule has 0 saturated carbocycles. The Hall–Kier alpha value is 0.170. The standard InChI is InChI=1S/C18H39NO2.ClH/c1-3-4-5-6-7-9-12-17(2)13-10-8-11-14-18(19,15-20)16-21;/h17,20-21H,3-16,19H2,1-2H3;1H. The van der Waals surface area contributed by atoms with Crippen molar-refractivity contribution < 1.29 is 10.2 Å². The molecule has 0 spiro atoms. The van der Waals surface area contributed by atoms with E-state index in [4.69, 9.17) is 15.9 Å². The molecular formula is C18H40ClNO2. The molecule has 0 amide bonds. The highest BCUT2D eigenvalue weighted by Gasteiger charge is 2.21. The first kappa shape index (κ1) is 24.4. The maximum atomic E-state index is 9.12. The third-order valence-corrected chi connectivity index (χ3v) is 4.55. The van der Waals surface area contributed by atoms with E-state index in [-0.39, 0.29) is 25.6 Å². The lowest BCUT2D eigenvalue weighted by molar-refractivity contribution is 0.112. The SMILES string of the molecule is CCCCCCCCC(C)CCCCCC(N)(CO)CO.Cl. The van der Waals surface area contributed by atoms with E-state index in [9.17, 15) is 0 Å². The van der Waals surface area contributed by atoms with Gasteiger partial charge in [-0.3, -0.25) is 0 Å². The number of aliphatic hydroxyl groups is 2. The molecule has 0 radical (unpaired) electrons. The summed E-state index contributed by atoms with van der Waals surface area (Å²) in [6, 6.07) is 0. The summed E-state index contributed by atoms with van der Waals surface area (Å²) in [5.41, 5.74) is 5.08. The Labute approximate surface area is 144 Å². The molecule has 1 unspecified atom stereocenters. The lowest BCUT2D eigenvalue weighted by Crippen LogP contribution is -2.47. The molecule has 3 nitrogen and oxygen atoms in total. The Balaban J connectivity index is 0. The Bertz CT molecular complexity index is 223. The zero-order valence-electron chi connectivity index (χ0n) is 14.9. The second-order valence-corrected chi connectivity index (χ2v) is 6.94. The summed E-state index contributed by atoms with van der Waals surface area (Å²) in [6.07, 6.45) is 15.1. The number of unbranched alkanes of at least 4 members (excludes halogenated alkanes) is 7. The van der Waals surface area contributed by atoms with Gasteiger partial charge < -0.3 is 15.9 Å². The first-order valence-corrected chi connectivity index (χ1v) is 9.08. The fourth-order valence-electron chi connectivity index (χ4n) is 2.77. The fraction of sp³-hybridized carbons (Fsp3) is 1.00. The number of hydrogen-bond acceptors (Lipinski definition) is 3. The van der Waals surface area contributed by atoms with Gasteiger partial charge in [0, 0.05) is 0 Å². The number of halogens is 1. The van der Waals surface area contributed by atoms with Crippen molar-refractivity contribution >= 4 is 12.4 Å². The Morgan fingerprint density at radius 3 is 1.77 bits per heavy atom. The number of hydrogen-bond donors (Lipinski definition) is 3. The molecule has 1 atom stereocenters. The van der Waals surface area contributed by atoms with Crippen molar-refractivity contribution in [1.29, 1.82) is 0 Å². The van der Waals surface area contributed by atoms with E-state index in [1.807, 2.05) is 0 Å². The van der Waals surface area contributed by atoms with Crippen molar-refractivity contribution in [3.05, 3.63) is 0 Å². The van der Waals surface area contributed by atoms with Gasteiger partial charge in [-0.15, -0.1) is 12.4 Å². The van der Waals surface area contributed by atoms with Gasteiger partial charge in [0.15, 0.2) is 0 Å². The zero-order valence-corrected chi connectivity index (χ0v) is 15.7. The molecule has 22 heavy (non-hydrogen) atoms. The predicted molar refractivity (Wildman–Crippen MR) is 98.6 cm³/mol. The summed E-state index contributed by atoms with van der Waals surface area (Å²) in [5, 5.41) is 18.2. The average molecular weight is 338 g/mol. The van der Waals surface area contributed by atoms with Crippen LogP contribution in [0.15, 0.2) is 0 Å². The minimum atomic E-state index is -0.774. The predicted octanol–water partition coefficient (Wildman–Crippen LogP) is 4.43. The normalized spacial score (nSPS) is 13.0. The summed E-state index contributed by atoms with van der Waals surface area (Å²) >= 11 is 0. The molecule has 0 aliphatic heterocycles. The fourth-order valence-corrected chi connectivity index (χ4v) is 2.77. The lowest BCUT2D eigenvalue weighted by Gasteiger charge is -2.24. The van der Waals surface area contributed by atoms with Crippen LogP contribution in [0.25, 0.3) is 0 Å². The van der Waals surface area contributed by atoms with Crippen LogP contribution in [0.3, 0.4) is 0 Å². The highest BCUT2D eigenvalue weighted by Crippen LogP contribution is 2.19. The topological polar surface area (TPSA) is 66.5 Å². The molecule has 0 bridgehead atoms. The molecular weight excluding hydrogens is 298 g/mol. The second kappa shape index (κ2) is 16.0. The Morgan fingerprint density at radius 1 is 0.818 bits per heavy atom. The van der Waals surface area contributed by atoms with Crippen LogP contribution < -0.4 is 5.73 Å². The molecule has 4 heteroatoms. The van der Waals surface area contributed by atoms with Gasteiger partial charge in [0.25, 0.3) is 0 Å². The number of rotatable bonds is 15. The number of nitrogens with two attached hydrogens (primary N) is 1. The minimum Gasteiger partial charge on any atom is -0.394 e. The molecule has 0 heterocycles.